The van der Waals surface area contributed by atoms with Crippen molar-refractivity contribution in [2.24, 2.45) is 11.8 Å². The summed E-state index contributed by atoms with van der Waals surface area (Å²) in [5.74, 6) is -1.74. The molecule has 0 unspecified atom stereocenters. The van der Waals surface area contributed by atoms with E-state index in [9.17, 15) is 27.9 Å². The third-order valence-electron chi connectivity index (χ3n) is 5.95. The van der Waals surface area contributed by atoms with E-state index in [4.69, 9.17) is 0 Å². The number of sulfonamides is 1. The zero-order chi connectivity index (χ0) is 25.5. The summed E-state index contributed by atoms with van der Waals surface area (Å²) in [6, 6.07) is 4.58. The zero-order valence-corrected chi connectivity index (χ0v) is 21.7. The summed E-state index contributed by atoms with van der Waals surface area (Å²) in [5.41, 5.74) is 0.934. The highest BCUT2D eigenvalue weighted by Crippen LogP contribution is 2.21. The van der Waals surface area contributed by atoms with Gasteiger partial charge in [0.15, 0.2) is 0 Å². The summed E-state index contributed by atoms with van der Waals surface area (Å²) in [4.78, 5) is 38.8. The molecule has 1 aliphatic heterocycles. The lowest BCUT2D eigenvalue weighted by atomic mass is 9.94. The third-order valence-corrected chi connectivity index (χ3v) is 8.08. The van der Waals surface area contributed by atoms with Crippen LogP contribution in [0.2, 0.25) is 0 Å². The molecule has 0 bridgehead atoms. The lowest BCUT2D eigenvalue weighted by Gasteiger charge is -2.34. The molecule has 11 heteroatoms. The third kappa shape index (κ3) is 7.71. The first kappa shape index (κ1) is 28.1. The first-order valence-electron chi connectivity index (χ1n) is 11.4. The molecule has 2 atom stereocenters. The van der Waals surface area contributed by atoms with Crippen molar-refractivity contribution >= 4 is 39.6 Å². The maximum Gasteiger partial charge on any atom is 0.326 e. The van der Waals surface area contributed by atoms with Crippen LogP contribution < -0.4 is 10.0 Å². The second kappa shape index (κ2) is 12.6. The summed E-state index contributed by atoms with van der Waals surface area (Å²) in [6.45, 7) is 5.93. The van der Waals surface area contributed by atoms with Gasteiger partial charge in [-0.2, -0.15) is 16.5 Å². The fraction of sp³-hybridized carbons (Fsp3) is 0.609. The summed E-state index contributed by atoms with van der Waals surface area (Å²) in [7, 11) is -3.87. The molecule has 9 nitrogen and oxygen atoms in total. The van der Waals surface area contributed by atoms with E-state index in [0.717, 1.165) is 5.56 Å². The number of carbonyl (C=O) groups is 3. The molecule has 1 aromatic rings. The molecular weight excluding hydrogens is 478 g/mol. The highest BCUT2D eigenvalue weighted by Gasteiger charge is 2.34. The molecular formula is C23H35N3O6S2. The monoisotopic (exact) mass is 513 g/mol. The SMILES string of the molecule is CSCC[C@H](NS(=O)(=O)c1ccc(C)cc1)C(=O)N1CCC(C(=O)N[C@H](C(=O)O)C(C)C)CC1. The Bertz CT molecular complexity index is 957. The summed E-state index contributed by atoms with van der Waals surface area (Å²) >= 11 is 1.53. The van der Waals surface area contributed by atoms with Crippen LogP contribution in [0.4, 0.5) is 0 Å². The van der Waals surface area contributed by atoms with E-state index >= 15 is 0 Å². The molecule has 1 fully saturated rings. The Morgan fingerprint density at radius 3 is 2.24 bits per heavy atom. The van der Waals surface area contributed by atoms with Crippen molar-refractivity contribution in [2.45, 2.75) is 57.0 Å². The number of carbonyl (C=O) groups excluding carboxylic acids is 2. The van der Waals surface area contributed by atoms with Gasteiger partial charge in [0.1, 0.15) is 12.1 Å². The molecule has 190 valence electrons. The van der Waals surface area contributed by atoms with Crippen LogP contribution in [0, 0.1) is 18.8 Å². The lowest BCUT2D eigenvalue weighted by molar-refractivity contribution is -0.144. The van der Waals surface area contributed by atoms with E-state index < -0.39 is 34.0 Å². The Morgan fingerprint density at radius 2 is 1.74 bits per heavy atom. The Balaban J connectivity index is 2.03. The number of nitrogens with zero attached hydrogens (tertiary/aromatic N) is 1. The Labute approximate surface area is 206 Å². The van der Waals surface area contributed by atoms with Crippen molar-refractivity contribution in [1.29, 1.82) is 0 Å². The normalized spacial score (nSPS) is 16.8. The summed E-state index contributed by atoms with van der Waals surface area (Å²) < 4.78 is 28.3. The number of carboxylic acids is 1. The molecule has 2 rings (SSSR count). The van der Waals surface area contributed by atoms with E-state index in [-0.39, 0.29) is 22.6 Å². The quantitative estimate of drug-likeness (QED) is 0.411. The van der Waals surface area contributed by atoms with Crippen LogP contribution in [0.3, 0.4) is 0 Å². The fourth-order valence-corrected chi connectivity index (χ4v) is 5.50. The van der Waals surface area contributed by atoms with Crippen molar-refractivity contribution in [2.75, 3.05) is 25.1 Å². The minimum Gasteiger partial charge on any atom is -0.480 e. The number of amides is 2. The van der Waals surface area contributed by atoms with E-state index in [0.29, 0.717) is 38.1 Å². The van der Waals surface area contributed by atoms with Crippen LogP contribution in [0.5, 0.6) is 0 Å². The zero-order valence-electron chi connectivity index (χ0n) is 20.1. The number of hydrogen-bond acceptors (Lipinski definition) is 6. The molecule has 0 aromatic heterocycles. The van der Waals surface area contributed by atoms with Gasteiger partial charge >= 0.3 is 5.97 Å². The van der Waals surface area contributed by atoms with Crippen LogP contribution in [-0.4, -0.2) is 73.4 Å². The first-order chi connectivity index (χ1) is 16.0. The predicted molar refractivity (Wildman–Crippen MR) is 132 cm³/mol. The molecule has 0 spiro atoms. The van der Waals surface area contributed by atoms with E-state index in [2.05, 4.69) is 10.0 Å². The first-order valence-corrected chi connectivity index (χ1v) is 14.2. The van der Waals surface area contributed by atoms with Crippen LogP contribution in [-0.2, 0) is 24.4 Å². The number of hydrogen-bond donors (Lipinski definition) is 3. The number of rotatable bonds is 11. The highest BCUT2D eigenvalue weighted by molar-refractivity contribution is 7.98. The second-order valence-electron chi connectivity index (χ2n) is 8.94. The molecule has 1 aliphatic rings. The number of carboxylic acid groups (broad SMARTS) is 1. The van der Waals surface area contributed by atoms with Gasteiger partial charge < -0.3 is 15.3 Å². The Kier molecular flexibility index (Phi) is 10.4. The average molecular weight is 514 g/mol. The van der Waals surface area contributed by atoms with Gasteiger partial charge in [-0.3, -0.25) is 9.59 Å². The number of thioether (sulfide) groups is 1. The molecule has 1 heterocycles. The Hall–Kier alpha value is -2.11. The standard InChI is InChI=1S/C23H35N3O6S2/c1-15(2)20(23(29)30)24-21(27)17-9-12-26(13-10-17)22(28)19(11-14-33-4)25-34(31,32)18-7-5-16(3)6-8-18/h5-8,15,17,19-20,25H,9-14H2,1-4H3,(H,24,27)(H,29,30)/t19-,20-/m0/s1. The second-order valence-corrected chi connectivity index (χ2v) is 11.6. The number of likely N-dealkylation sites (tertiary alicyclic amines) is 1. The van der Waals surface area contributed by atoms with Gasteiger partial charge in [0.05, 0.1) is 4.90 Å². The van der Waals surface area contributed by atoms with Gasteiger partial charge in [0.25, 0.3) is 0 Å². The number of nitrogens with one attached hydrogen (secondary N) is 2. The minimum atomic E-state index is -3.87. The van der Waals surface area contributed by atoms with Gasteiger partial charge in [0, 0.05) is 19.0 Å². The number of piperidine rings is 1. The van der Waals surface area contributed by atoms with Crippen LogP contribution >= 0.6 is 11.8 Å². The van der Waals surface area contributed by atoms with Crippen molar-refractivity contribution in [3.05, 3.63) is 29.8 Å². The molecule has 1 aromatic carbocycles. The van der Waals surface area contributed by atoms with Crippen LogP contribution in [0.25, 0.3) is 0 Å². The molecule has 2 amide bonds. The predicted octanol–water partition coefficient (Wildman–Crippen LogP) is 1.86. The van der Waals surface area contributed by atoms with Crippen molar-refractivity contribution in [1.82, 2.24) is 14.9 Å². The van der Waals surface area contributed by atoms with Gasteiger partial charge in [-0.1, -0.05) is 31.5 Å². The van der Waals surface area contributed by atoms with Gasteiger partial charge in [-0.15, -0.1) is 0 Å². The smallest absolute Gasteiger partial charge is 0.326 e. The largest absolute Gasteiger partial charge is 0.480 e. The van der Waals surface area contributed by atoms with Crippen molar-refractivity contribution in [3.8, 4) is 0 Å². The fourth-order valence-electron chi connectivity index (χ4n) is 3.81. The van der Waals surface area contributed by atoms with Crippen LogP contribution in [0.1, 0.15) is 38.7 Å². The molecule has 3 N–H and O–H groups in total. The average Bonchev–Trinajstić information content (AvgIpc) is 2.79. The highest BCUT2D eigenvalue weighted by atomic mass is 32.2. The summed E-state index contributed by atoms with van der Waals surface area (Å²) in [6.07, 6.45) is 3.02. The molecule has 0 aliphatic carbocycles. The molecule has 1 saturated heterocycles. The number of aliphatic carboxylic acids is 1. The van der Waals surface area contributed by atoms with Gasteiger partial charge in [-0.25, -0.2) is 13.2 Å². The van der Waals surface area contributed by atoms with Crippen molar-refractivity contribution in [3.63, 3.8) is 0 Å². The van der Waals surface area contributed by atoms with Crippen molar-refractivity contribution < 1.29 is 27.9 Å². The van der Waals surface area contributed by atoms with Crippen LogP contribution in [0.15, 0.2) is 29.2 Å². The molecule has 0 saturated carbocycles. The lowest BCUT2D eigenvalue weighted by Crippen LogP contribution is -2.53. The molecule has 34 heavy (non-hydrogen) atoms. The van der Waals surface area contributed by atoms with Gasteiger partial charge in [-0.05, 0) is 56.2 Å². The maximum absolute atomic E-state index is 13.2. The Morgan fingerprint density at radius 1 is 1.15 bits per heavy atom. The number of aryl methyl sites for hydroxylation is 1. The minimum absolute atomic E-state index is 0.105. The van der Waals surface area contributed by atoms with Gasteiger partial charge in [0.2, 0.25) is 21.8 Å². The van der Waals surface area contributed by atoms with E-state index in [1.807, 2.05) is 13.2 Å². The topological polar surface area (TPSA) is 133 Å². The maximum atomic E-state index is 13.2. The molecule has 0 radical (unpaired) electrons. The number of benzene rings is 1. The van der Waals surface area contributed by atoms with E-state index in [1.54, 1.807) is 30.9 Å². The summed E-state index contributed by atoms with van der Waals surface area (Å²) in [5, 5.41) is 11.9. The van der Waals surface area contributed by atoms with E-state index in [1.165, 1.54) is 23.9 Å².